The summed E-state index contributed by atoms with van der Waals surface area (Å²) in [5.74, 6) is -0.533. The second-order valence-corrected chi connectivity index (χ2v) is 8.25. The second kappa shape index (κ2) is 12.8. The number of benzene rings is 3. The van der Waals surface area contributed by atoms with Crippen molar-refractivity contribution in [3.63, 3.8) is 0 Å². The van der Waals surface area contributed by atoms with Crippen LogP contribution in [0.3, 0.4) is 0 Å². The molecule has 1 fully saturated rings. The van der Waals surface area contributed by atoms with E-state index in [-0.39, 0.29) is 19.8 Å². The van der Waals surface area contributed by atoms with Crippen LogP contribution in [0.4, 0.5) is 0 Å². The molecule has 0 radical (unpaired) electrons. The number of carbonyl (C=O) groups excluding carboxylic acids is 1. The number of hydrogen-bond donors (Lipinski definition) is 1. The van der Waals surface area contributed by atoms with Crippen molar-refractivity contribution < 1.29 is 28.8 Å². The second-order valence-electron chi connectivity index (χ2n) is 8.25. The fourth-order valence-corrected chi connectivity index (χ4v) is 3.97. The number of hydrogen-bond acceptors (Lipinski definition) is 7. The summed E-state index contributed by atoms with van der Waals surface area (Å²) >= 11 is 0. The van der Waals surface area contributed by atoms with Gasteiger partial charge in [-0.15, -0.1) is 0 Å². The van der Waals surface area contributed by atoms with Gasteiger partial charge < -0.3 is 24.1 Å². The lowest BCUT2D eigenvalue weighted by molar-refractivity contribution is -0.270. The molecule has 1 N–H and O–H groups in total. The highest BCUT2D eigenvalue weighted by Gasteiger charge is 2.47. The standard InChI is InChI=1S/C27H27N3O6/c28-30-29-23-25(34-17-20-12-6-2-7-13-20)24(33-16-19-10-4-1-5-11-19)22(36-27(23)32)18-35-26(31)21-14-8-3-9-15-21/h1-15,22-25,27,32H,16-18H2/t22-,23-,24-,25-,27+/m1/s1. The molecule has 9 heteroatoms. The lowest BCUT2D eigenvalue weighted by atomic mass is 9.96. The summed E-state index contributed by atoms with van der Waals surface area (Å²) in [5.41, 5.74) is 11.3. The van der Waals surface area contributed by atoms with Crippen LogP contribution < -0.4 is 0 Å². The fraction of sp³-hybridized carbons (Fsp3) is 0.296. The molecule has 5 atom stereocenters. The highest BCUT2D eigenvalue weighted by Crippen LogP contribution is 2.29. The van der Waals surface area contributed by atoms with Crippen LogP contribution in [0.15, 0.2) is 96.1 Å². The van der Waals surface area contributed by atoms with Crippen LogP contribution >= 0.6 is 0 Å². The molecule has 1 aliphatic heterocycles. The lowest BCUT2D eigenvalue weighted by Crippen LogP contribution is -2.59. The Morgan fingerprint density at radius 1 is 0.861 bits per heavy atom. The van der Waals surface area contributed by atoms with Gasteiger partial charge in [0.25, 0.3) is 0 Å². The zero-order chi connectivity index (χ0) is 25.2. The smallest absolute Gasteiger partial charge is 0.338 e. The fourth-order valence-electron chi connectivity index (χ4n) is 3.97. The van der Waals surface area contributed by atoms with Crippen molar-refractivity contribution in [1.82, 2.24) is 0 Å². The van der Waals surface area contributed by atoms with E-state index >= 15 is 0 Å². The molecule has 0 unspecified atom stereocenters. The number of aliphatic hydroxyl groups is 1. The van der Waals surface area contributed by atoms with Gasteiger partial charge >= 0.3 is 5.97 Å². The molecule has 1 heterocycles. The van der Waals surface area contributed by atoms with Gasteiger partial charge in [0.1, 0.15) is 31.0 Å². The van der Waals surface area contributed by atoms with Crippen molar-refractivity contribution in [2.24, 2.45) is 5.11 Å². The number of nitrogens with zero attached hydrogens (tertiary/aromatic N) is 3. The maximum absolute atomic E-state index is 12.5. The number of esters is 1. The molecular formula is C27H27N3O6. The van der Waals surface area contributed by atoms with Crippen LogP contribution in [0.1, 0.15) is 21.5 Å². The van der Waals surface area contributed by atoms with Gasteiger partial charge in [0.2, 0.25) is 0 Å². The van der Waals surface area contributed by atoms with E-state index in [1.165, 1.54) is 0 Å². The third-order valence-electron chi connectivity index (χ3n) is 5.78. The molecule has 0 saturated carbocycles. The van der Waals surface area contributed by atoms with Gasteiger partial charge in [-0.2, -0.15) is 0 Å². The Hall–Kier alpha value is -3.72. The average molecular weight is 490 g/mol. The Labute approximate surface area is 208 Å². The summed E-state index contributed by atoms with van der Waals surface area (Å²) in [6, 6.07) is 26.5. The third-order valence-corrected chi connectivity index (χ3v) is 5.78. The first-order valence-corrected chi connectivity index (χ1v) is 11.6. The summed E-state index contributed by atoms with van der Waals surface area (Å²) < 4.78 is 23.6. The van der Waals surface area contributed by atoms with Crippen molar-refractivity contribution in [3.05, 3.63) is 118 Å². The Morgan fingerprint density at radius 3 is 1.94 bits per heavy atom. The van der Waals surface area contributed by atoms with Gasteiger partial charge in [0, 0.05) is 4.91 Å². The summed E-state index contributed by atoms with van der Waals surface area (Å²) in [6.07, 6.45) is -4.02. The first kappa shape index (κ1) is 25.4. The maximum Gasteiger partial charge on any atom is 0.338 e. The summed E-state index contributed by atoms with van der Waals surface area (Å²) in [7, 11) is 0. The first-order valence-electron chi connectivity index (χ1n) is 11.6. The summed E-state index contributed by atoms with van der Waals surface area (Å²) in [4.78, 5) is 15.4. The molecule has 4 rings (SSSR count). The van der Waals surface area contributed by atoms with Crippen LogP contribution in [-0.2, 0) is 32.2 Å². The predicted octanol–water partition coefficient (Wildman–Crippen LogP) is 4.41. The minimum atomic E-state index is -1.47. The van der Waals surface area contributed by atoms with E-state index in [4.69, 9.17) is 24.5 Å². The van der Waals surface area contributed by atoms with Gasteiger partial charge in [-0.3, -0.25) is 0 Å². The number of rotatable bonds is 10. The molecule has 3 aromatic carbocycles. The van der Waals surface area contributed by atoms with Crippen LogP contribution in [0.2, 0.25) is 0 Å². The van der Waals surface area contributed by atoms with Gasteiger partial charge in [0.15, 0.2) is 6.29 Å². The number of carbonyl (C=O) groups is 1. The molecule has 0 aromatic heterocycles. The van der Waals surface area contributed by atoms with Crippen LogP contribution in [0.5, 0.6) is 0 Å². The molecular weight excluding hydrogens is 462 g/mol. The molecule has 3 aromatic rings. The molecule has 36 heavy (non-hydrogen) atoms. The molecule has 0 bridgehead atoms. The van der Waals surface area contributed by atoms with E-state index in [1.54, 1.807) is 30.3 Å². The molecule has 9 nitrogen and oxygen atoms in total. The molecule has 1 saturated heterocycles. The van der Waals surface area contributed by atoms with Gasteiger partial charge in [-0.1, -0.05) is 84.0 Å². The zero-order valence-electron chi connectivity index (χ0n) is 19.5. The molecule has 0 amide bonds. The number of aliphatic hydroxyl groups excluding tert-OH is 1. The van der Waals surface area contributed by atoms with Crippen molar-refractivity contribution in [3.8, 4) is 0 Å². The highest BCUT2D eigenvalue weighted by atomic mass is 16.7. The van der Waals surface area contributed by atoms with Gasteiger partial charge in [0.05, 0.1) is 18.8 Å². The zero-order valence-corrected chi connectivity index (χ0v) is 19.5. The van der Waals surface area contributed by atoms with E-state index in [1.807, 2.05) is 60.7 Å². The number of ether oxygens (including phenoxy) is 4. The van der Waals surface area contributed by atoms with Gasteiger partial charge in [-0.05, 0) is 28.8 Å². The average Bonchev–Trinajstić information content (AvgIpc) is 2.93. The first-order chi connectivity index (χ1) is 17.7. The van der Waals surface area contributed by atoms with Crippen molar-refractivity contribution in [1.29, 1.82) is 0 Å². The third kappa shape index (κ3) is 6.69. The van der Waals surface area contributed by atoms with E-state index in [2.05, 4.69) is 10.0 Å². The Morgan fingerprint density at radius 2 is 1.39 bits per heavy atom. The molecule has 0 aliphatic carbocycles. The predicted molar refractivity (Wildman–Crippen MR) is 131 cm³/mol. The normalized spacial score (nSPS) is 23.4. The minimum absolute atomic E-state index is 0.192. The molecule has 186 valence electrons. The topological polar surface area (TPSA) is 123 Å². The maximum atomic E-state index is 12.5. The molecule has 0 spiro atoms. The van der Waals surface area contributed by atoms with Crippen LogP contribution in [0.25, 0.3) is 10.4 Å². The van der Waals surface area contributed by atoms with Crippen molar-refractivity contribution in [2.75, 3.05) is 6.61 Å². The molecule has 1 aliphatic rings. The minimum Gasteiger partial charge on any atom is -0.459 e. The van der Waals surface area contributed by atoms with E-state index in [0.717, 1.165) is 11.1 Å². The quantitative estimate of drug-likeness (QED) is 0.195. The van der Waals surface area contributed by atoms with Crippen LogP contribution in [-0.4, -0.2) is 48.3 Å². The van der Waals surface area contributed by atoms with Gasteiger partial charge in [-0.25, -0.2) is 4.79 Å². The highest BCUT2D eigenvalue weighted by molar-refractivity contribution is 5.89. The summed E-state index contributed by atoms with van der Waals surface area (Å²) in [6.45, 7) is 0.206. The lowest BCUT2D eigenvalue weighted by Gasteiger charge is -2.43. The van der Waals surface area contributed by atoms with Crippen molar-refractivity contribution >= 4 is 5.97 Å². The Kier molecular flexibility index (Phi) is 9.04. The van der Waals surface area contributed by atoms with Crippen LogP contribution in [0, 0.1) is 0 Å². The Bertz CT molecular complexity index is 1140. The van der Waals surface area contributed by atoms with E-state index in [0.29, 0.717) is 5.56 Å². The largest absolute Gasteiger partial charge is 0.459 e. The van der Waals surface area contributed by atoms with E-state index in [9.17, 15) is 9.90 Å². The van der Waals surface area contributed by atoms with Crippen molar-refractivity contribution in [2.45, 2.75) is 43.9 Å². The number of azide groups is 1. The van der Waals surface area contributed by atoms with E-state index < -0.39 is 36.6 Å². The summed E-state index contributed by atoms with van der Waals surface area (Å²) in [5, 5.41) is 14.4. The monoisotopic (exact) mass is 489 g/mol. The Balaban J connectivity index is 1.55. The SMILES string of the molecule is [N-]=[N+]=N[C@@H]1[C@@H](OCc2ccccc2)[C@H](OCc2ccccc2)[C@@H](COC(=O)c2ccccc2)O[C@@H]1O.